The molecule has 0 fully saturated rings. The Morgan fingerprint density at radius 3 is 2.09 bits per heavy atom. The van der Waals surface area contributed by atoms with Gasteiger partial charge in [-0.3, -0.25) is 14.5 Å². The van der Waals surface area contributed by atoms with Crippen molar-refractivity contribution in [2.45, 2.75) is 54.2 Å². The predicted octanol–water partition coefficient (Wildman–Crippen LogP) is 3.24. The quantitative estimate of drug-likeness (QED) is 0.749. The van der Waals surface area contributed by atoms with Crippen molar-refractivity contribution in [1.82, 2.24) is 4.68 Å². The lowest BCUT2D eigenvalue weighted by atomic mass is 9.95. The van der Waals surface area contributed by atoms with Gasteiger partial charge in [0.1, 0.15) is 5.52 Å². The van der Waals surface area contributed by atoms with E-state index >= 15 is 0 Å². The maximum Gasteiger partial charge on any atom is 0.193 e. The lowest BCUT2D eigenvalue weighted by Gasteiger charge is -2.45. The van der Waals surface area contributed by atoms with E-state index in [0.717, 1.165) is 44.6 Å². The monoisotopic (exact) mass is 300 g/mol. The summed E-state index contributed by atoms with van der Waals surface area (Å²) in [5.41, 5.74) is 5.61. The lowest BCUT2D eigenvalue weighted by molar-refractivity contribution is 0.0753. The Morgan fingerprint density at radius 2 is 1.50 bits per heavy atom. The summed E-state index contributed by atoms with van der Waals surface area (Å²) in [5.74, 6) is 0.835. The van der Waals surface area contributed by atoms with Gasteiger partial charge < -0.3 is 4.74 Å². The van der Waals surface area contributed by atoms with Gasteiger partial charge in [-0.15, -0.1) is 0 Å². The van der Waals surface area contributed by atoms with Crippen LogP contribution in [0.25, 0.3) is 10.9 Å². The molecule has 0 atom stereocenters. The highest BCUT2D eigenvalue weighted by Crippen LogP contribution is 2.40. The van der Waals surface area contributed by atoms with Crippen molar-refractivity contribution in [2.75, 3.05) is 12.1 Å². The molecule has 118 valence electrons. The molecule has 1 aliphatic rings. The van der Waals surface area contributed by atoms with Crippen LogP contribution in [0.15, 0.2) is 4.79 Å². The van der Waals surface area contributed by atoms with E-state index in [9.17, 15) is 4.79 Å². The molecule has 0 radical (unpaired) electrons. The van der Waals surface area contributed by atoms with Gasteiger partial charge in [0.25, 0.3) is 0 Å². The molecule has 4 nitrogen and oxygen atoms in total. The third kappa shape index (κ3) is 1.61. The topological polar surface area (TPSA) is 34.5 Å². The number of aryl methyl sites for hydroxylation is 1. The molecule has 0 amide bonds. The highest BCUT2D eigenvalue weighted by molar-refractivity contribution is 5.92. The summed E-state index contributed by atoms with van der Waals surface area (Å²) in [7, 11) is 2.00. The zero-order valence-corrected chi connectivity index (χ0v) is 14.7. The Hall–Kier alpha value is -1.97. The fraction of sp³-hybridized carbons (Fsp3) is 0.500. The molecule has 0 spiro atoms. The molecule has 0 unspecified atom stereocenters. The second-order valence-corrected chi connectivity index (χ2v) is 6.85. The number of benzene rings is 1. The molecule has 1 aliphatic heterocycles. The molecule has 0 bridgehead atoms. The first kappa shape index (κ1) is 14.9. The number of hydrogen-bond donors (Lipinski definition) is 0. The Bertz CT molecular complexity index is 876. The molecular formula is C18H24N2O2. The van der Waals surface area contributed by atoms with Crippen LogP contribution in [-0.4, -0.2) is 17.4 Å². The summed E-state index contributed by atoms with van der Waals surface area (Å²) in [4.78, 5) is 12.9. The van der Waals surface area contributed by atoms with Gasteiger partial charge in [-0.1, -0.05) is 0 Å². The second-order valence-electron chi connectivity index (χ2n) is 6.85. The normalized spacial score (nSPS) is 16.1. The Labute approximate surface area is 131 Å². The number of rotatable bonds is 0. The van der Waals surface area contributed by atoms with Crippen LogP contribution in [0.5, 0.6) is 5.75 Å². The average Bonchev–Trinajstić information content (AvgIpc) is 2.45. The molecule has 0 saturated carbocycles. The van der Waals surface area contributed by atoms with Gasteiger partial charge in [-0.25, -0.2) is 0 Å². The fourth-order valence-corrected chi connectivity index (χ4v) is 3.32. The van der Waals surface area contributed by atoms with Gasteiger partial charge >= 0.3 is 0 Å². The van der Waals surface area contributed by atoms with E-state index in [2.05, 4.69) is 23.5 Å². The van der Waals surface area contributed by atoms with Crippen LogP contribution >= 0.6 is 0 Å². The van der Waals surface area contributed by atoms with E-state index in [0.29, 0.717) is 0 Å². The molecular weight excluding hydrogens is 276 g/mol. The SMILES string of the molecule is Cc1c(C)c2c3c(c1C)c(=O)c(C)c(C)n3N(C)C(C)(C)O2. The van der Waals surface area contributed by atoms with E-state index in [1.165, 1.54) is 0 Å². The van der Waals surface area contributed by atoms with Crippen LogP contribution in [-0.2, 0) is 0 Å². The van der Waals surface area contributed by atoms with E-state index in [1.807, 2.05) is 41.7 Å². The number of nitrogens with zero attached hydrogens (tertiary/aromatic N) is 2. The van der Waals surface area contributed by atoms with Crippen molar-refractivity contribution in [1.29, 1.82) is 0 Å². The van der Waals surface area contributed by atoms with Gasteiger partial charge in [0.05, 0.1) is 5.39 Å². The number of hydrogen-bond acceptors (Lipinski definition) is 3. The summed E-state index contributed by atoms with van der Waals surface area (Å²) in [5, 5.41) is 2.85. The summed E-state index contributed by atoms with van der Waals surface area (Å²) >= 11 is 0. The molecule has 4 heteroatoms. The summed E-state index contributed by atoms with van der Waals surface area (Å²) in [6.07, 6.45) is 0. The Kier molecular flexibility index (Phi) is 2.91. The van der Waals surface area contributed by atoms with Crippen LogP contribution in [0.2, 0.25) is 0 Å². The van der Waals surface area contributed by atoms with Crippen LogP contribution < -0.4 is 15.2 Å². The largest absolute Gasteiger partial charge is 0.465 e. The van der Waals surface area contributed by atoms with Gasteiger partial charge in [0, 0.05) is 18.3 Å². The first-order chi connectivity index (χ1) is 10.1. The molecule has 2 heterocycles. The summed E-state index contributed by atoms with van der Waals surface area (Å²) in [6.45, 7) is 14.2. The smallest absolute Gasteiger partial charge is 0.193 e. The second kappa shape index (κ2) is 4.28. The molecule has 1 aromatic heterocycles. The van der Waals surface area contributed by atoms with Crippen LogP contribution in [0.3, 0.4) is 0 Å². The molecule has 1 aromatic carbocycles. The maximum atomic E-state index is 12.9. The minimum atomic E-state index is -0.474. The number of pyridine rings is 1. The molecule has 0 N–H and O–H groups in total. The zero-order valence-electron chi connectivity index (χ0n) is 14.7. The van der Waals surface area contributed by atoms with Gasteiger partial charge in [-0.2, -0.15) is 0 Å². The van der Waals surface area contributed by atoms with Crippen LogP contribution in [0, 0.1) is 34.6 Å². The molecule has 22 heavy (non-hydrogen) atoms. The first-order valence-electron chi connectivity index (χ1n) is 7.68. The van der Waals surface area contributed by atoms with Gasteiger partial charge in [0.15, 0.2) is 16.9 Å². The first-order valence-corrected chi connectivity index (χ1v) is 7.68. The molecule has 0 aliphatic carbocycles. The number of aromatic nitrogens is 1. The van der Waals surface area contributed by atoms with E-state index in [1.54, 1.807) is 0 Å². The van der Waals surface area contributed by atoms with Crippen molar-refractivity contribution >= 4 is 10.9 Å². The summed E-state index contributed by atoms with van der Waals surface area (Å²) in [6, 6.07) is 0. The Morgan fingerprint density at radius 1 is 0.909 bits per heavy atom. The molecule has 0 saturated heterocycles. The van der Waals surface area contributed by atoms with Gasteiger partial charge in [-0.05, 0) is 65.2 Å². The van der Waals surface area contributed by atoms with Crippen molar-refractivity contribution in [3.63, 3.8) is 0 Å². The number of ether oxygens (including phenoxy) is 1. The fourth-order valence-electron chi connectivity index (χ4n) is 3.32. The average molecular weight is 300 g/mol. The van der Waals surface area contributed by atoms with Crippen molar-refractivity contribution in [3.05, 3.63) is 38.2 Å². The standard InChI is InChI=1S/C18H24N2O2/c1-9-10(2)14-15-17(11(9)3)22-18(6,7)19(8)20(15)13(5)12(4)16(14)21/h1-8H3. The van der Waals surface area contributed by atoms with Crippen molar-refractivity contribution < 1.29 is 4.74 Å². The predicted molar refractivity (Wildman–Crippen MR) is 90.7 cm³/mol. The van der Waals surface area contributed by atoms with E-state index in [4.69, 9.17) is 4.74 Å². The minimum absolute atomic E-state index is 0.113. The minimum Gasteiger partial charge on any atom is -0.465 e. The van der Waals surface area contributed by atoms with Crippen molar-refractivity contribution in [2.24, 2.45) is 0 Å². The third-order valence-corrected chi connectivity index (χ3v) is 5.36. The maximum absolute atomic E-state index is 12.9. The summed E-state index contributed by atoms with van der Waals surface area (Å²) < 4.78 is 8.43. The van der Waals surface area contributed by atoms with Gasteiger partial charge in [0.2, 0.25) is 0 Å². The third-order valence-electron chi connectivity index (χ3n) is 5.36. The van der Waals surface area contributed by atoms with Crippen molar-refractivity contribution in [3.8, 4) is 5.75 Å². The van der Waals surface area contributed by atoms with E-state index in [-0.39, 0.29) is 5.43 Å². The van der Waals surface area contributed by atoms with Crippen LogP contribution in [0.1, 0.15) is 41.8 Å². The highest BCUT2D eigenvalue weighted by atomic mass is 16.5. The molecule has 2 aromatic rings. The zero-order chi connectivity index (χ0) is 16.6. The molecule has 3 rings (SSSR count). The van der Waals surface area contributed by atoms with E-state index < -0.39 is 5.72 Å². The van der Waals surface area contributed by atoms with Crippen LogP contribution in [0.4, 0.5) is 0 Å². The lowest BCUT2D eigenvalue weighted by Crippen LogP contribution is -2.56. The Balaban J connectivity index is 2.69. The highest BCUT2D eigenvalue weighted by Gasteiger charge is 2.36.